The Morgan fingerprint density at radius 3 is 2.70 bits per heavy atom. The Balaban J connectivity index is 2.86. The molecular weight excluding hydrogens is 246 g/mol. The van der Waals surface area contributed by atoms with E-state index in [1.165, 1.54) is 37.7 Å². The third kappa shape index (κ3) is 4.89. The van der Waals surface area contributed by atoms with Gasteiger partial charge < -0.3 is 10.1 Å². The number of rotatable bonds is 9. The van der Waals surface area contributed by atoms with Gasteiger partial charge in [-0.2, -0.15) is 0 Å². The molecule has 2 nitrogen and oxygen atoms in total. The fourth-order valence-electron chi connectivity index (χ4n) is 3.58. The van der Waals surface area contributed by atoms with Crippen LogP contribution in [0.15, 0.2) is 12.2 Å². The van der Waals surface area contributed by atoms with E-state index in [4.69, 9.17) is 4.74 Å². The van der Waals surface area contributed by atoms with Gasteiger partial charge in [-0.25, -0.2) is 0 Å². The molecular formula is C18H35NO. The summed E-state index contributed by atoms with van der Waals surface area (Å²) in [4.78, 5) is 0. The van der Waals surface area contributed by atoms with Crippen LogP contribution in [0.1, 0.15) is 72.6 Å². The van der Waals surface area contributed by atoms with Gasteiger partial charge >= 0.3 is 0 Å². The second kappa shape index (κ2) is 8.84. The molecule has 20 heavy (non-hydrogen) atoms. The lowest BCUT2D eigenvalue weighted by Crippen LogP contribution is -2.55. The van der Waals surface area contributed by atoms with E-state index in [1.54, 1.807) is 0 Å². The predicted molar refractivity (Wildman–Crippen MR) is 88.1 cm³/mol. The lowest BCUT2D eigenvalue weighted by Gasteiger charge is -2.46. The van der Waals surface area contributed by atoms with Gasteiger partial charge in [0.25, 0.3) is 0 Å². The minimum atomic E-state index is 0.0275. The first-order valence-electron chi connectivity index (χ1n) is 8.61. The quantitative estimate of drug-likeness (QED) is 0.619. The number of ether oxygens (including phenoxy) is 1. The minimum Gasteiger partial charge on any atom is -0.374 e. The lowest BCUT2D eigenvalue weighted by atomic mass is 9.73. The second-order valence-corrected chi connectivity index (χ2v) is 6.51. The summed E-state index contributed by atoms with van der Waals surface area (Å²) in [6, 6.07) is 0.428. The first kappa shape index (κ1) is 17.7. The van der Waals surface area contributed by atoms with E-state index in [9.17, 15) is 0 Å². The average molecular weight is 281 g/mol. The highest BCUT2D eigenvalue weighted by molar-refractivity contribution is 5.05. The lowest BCUT2D eigenvalue weighted by molar-refractivity contribution is -0.100. The Morgan fingerprint density at radius 1 is 1.40 bits per heavy atom. The van der Waals surface area contributed by atoms with E-state index >= 15 is 0 Å². The van der Waals surface area contributed by atoms with Crippen molar-refractivity contribution in [2.75, 3.05) is 13.2 Å². The molecule has 0 amide bonds. The standard InChI is InChI=1S/C18H35NO/c1-6-12-19-17(13-15(4)7-2)18(20-8-3)11-9-10-16(5)14-18/h16-17,19H,4,6-14H2,1-3,5H3. The molecule has 2 heteroatoms. The van der Waals surface area contributed by atoms with Crippen LogP contribution in [0.4, 0.5) is 0 Å². The number of nitrogens with one attached hydrogen (secondary N) is 1. The molecule has 0 aromatic carbocycles. The summed E-state index contributed by atoms with van der Waals surface area (Å²) < 4.78 is 6.34. The van der Waals surface area contributed by atoms with Crippen molar-refractivity contribution >= 4 is 0 Å². The van der Waals surface area contributed by atoms with Crippen LogP contribution in [0.5, 0.6) is 0 Å². The Kier molecular flexibility index (Phi) is 7.83. The highest BCUT2D eigenvalue weighted by Crippen LogP contribution is 2.39. The summed E-state index contributed by atoms with van der Waals surface area (Å²) in [6.07, 6.45) is 8.34. The molecule has 1 N–H and O–H groups in total. The molecule has 0 aromatic heterocycles. The molecule has 0 bridgehead atoms. The minimum absolute atomic E-state index is 0.0275. The fraction of sp³-hybridized carbons (Fsp3) is 0.889. The number of hydrogen-bond donors (Lipinski definition) is 1. The molecule has 1 saturated carbocycles. The van der Waals surface area contributed by atoms with Gasteiger partial charge in [-0.15, -0.1) is 0 Å². The zero-order valence-electron chi connectivity index (χ0n) is 14.1. The Bertz CT molecular complexity index is 285. The summed E-state index contributed by atoms with van der Waals surface area (Å²) in [7, 11) is 0. The summed E-state index contributed by atoms with van der Waals surface area (Å²) in [6.45, 7) is 15.1. The molecule has 0 heterocycles. The second-order valence-electron chi connectivity index (χ2n) is 6.51. The molecule has 1 fully saturated rings. The van der Waals surface area contributed by atoms with Crippen molar-refractivity contribution in [3.8, 4) is 0 Å². The summed E-state index contributed by atoms with van der Waals surface area (Å²) in [5.74, 6) is 0.774. The molecule has 0 aliphatic heterocycles. The van der Waals surface area contributed by atoms with Crippen molar-refractivity contribution in [1.82, 2.24) is 5.32 Å². The molecule has 1 aliphatic rings. The van der Waals surface area contributed by atoms with Crippen LogP contribution < -0.4 is 5.32 Å². The van der Waals surface area contributed by atoms with Crippen molar-refractivity contribution in [2.45, 2.75) is 84.3 Å². The Hall–Kier alpha value is -0.340. The normalized spacial score (nSPS) is 28.3. The maximum atomic E-state index is 6.34. The van der Waals surface area contributed by atoms with Crippen molar-refractivity contribution in [3.63, 3.8) is 0 Å². The van der Waals surface area contributed by atoms with Gasteiger partial charge in [-0.3, -0.25) is 0 Å². The van der Waals surface area contributed by atoms with Crippen LogP contribution >= 0.6 is 0 Å². The van der Waals surface area contributed by atoms with Crippen LogP contribution in [-0.4, -0.2) is 24.8 Å². The molecule has 3 unspecified atom stereocenters. The number of hydrogen-bond acceptors (Lipinski definition) is 2. The topological polar surface area (TPSA) is 21.3 Å². The Labute approximate surface area is 126 Å². The molecule has 0 saturated heterocycles. The van der Waals surface area contributed by atoms with Crippen molar-refractivity contribution in [2.24, 2.45) is 5.92 Å². The highest BCUT2D eigenvalue weighted by atomic mass is 16.5. The molecule has 1 aliphatic carbocycles. The van der Waals surface area contributed by atoms with Crippen molar-refractivity contribution in [3.05, 3.63) is 12.2 Å². The monoisotopic (exact) mass is 281 g/mol. The molecule has 3 atom stereocenters. The van der Waals surface area contributed by atoms with Gasteiger partial charge in [0.15, 0.2) is 0 Å². The maximum Gasteiger partial charge on any atom is 0.0840 e. The van der Waals surface area contributed by atoms with Crippen molar-refractivity contribution < 1.29 is 4.74 Å². The van der Waals surface area contributed by atoms with Gasteiger partial charge in [0.2, 0.25) is 0 Å². The van der Waals surface area contributed by atoms with Crippen LogP contribution in [0.2, 0.25) is 0 Å². The molecule has 0 spiro atoms. The largest absolute Gasteiger partial charge is 0.374 e. The summed E-state index contributed by atoms with van der Waals surface area (Å²) in [5, 5.41) is 3.76. The third-order valence-electron chi connectivity index (χ3n) is 4.69. The van der Waals surface area contributed by atoms with Crippen LogP contribution in [-0.2, 0) is 4.74 Å². The Morgan fingerprint density at radius 2 is 2.15 bits per heavy atom. The zero-order chi connectivity index (χ0) is 15.0. The van der Waals surface area contributed by atoms with E-state index in [2.05, 4.69) is 39.6 Å². The van der Waals surface area contributed by atoms with Gasteiger partial charge in [0.1, 0.15) is 0 Å². The highest BCUT2D eigenvalue weighted by Gasteiger charge is 2.42. The van der Waals surface area contributed by atoms with E-state index in [0.29, 0.717) is 6.04 Å². The van der Waals surface area contributed by atoms with E-state index in [0.717, 1.165) is 31.9 Å². The van der Waals surface area contributed by atoms with Crippen LogP contribution in [0.3, 0.4) is 0 Å². The average Bonchev–Trinajstić information content (AvgIpc) is 2.43. The van der Waals surface area contributed by atoms with Gasteiger partial charge in [0.05, 0.1) is 5.60 Å². The SMILES string of the molecule is C=C(CC)CC(NCCC)C1(OCC)CCCC(C)C1. The van der Waals surface area contributed by atoms with Gasteiger partial charge in [-0.1, -0.05) is 45.8 Å². The van der Waals surface area contributed by atoms with Gasteiger partial charge in [0, 0.05) is 12.6 Å². The summed E-state index contributed by atoms with van der Waals surface area (Å²) in [5.41, 5.74) is 1.37. The van der Waals surface area contributed by atoms with Crippen LogP contribution in [0, 0.1) is 5.92 Å². The molecule has 0 aromatic rings. The van der Waals surface area contributed by atoms with Gasteiger partial charge in [-0.05, 0) is 51.5 Å². The molecule has 0 radical (unpaired) electrons. The van der Waals surface area contributed by atoms with E-state index in [1.807, 2.05) is 0 Å². The van der Waals surface area contributed by atoms with E-state index < -0.39 is 0 Å². The third-order valence-corrected chi connectivity index (χ3v) is 4.69. The van der Waals surface area contributed by atoms with Crippen LogP contribution in [0.25, 0.3) is 0 Å². The zero-order valence-corrected chi connectivity index (χ0v) is 14.1. The first-order valence-corrected chi connectivity index (χ1v) is 8.61. The smallest absolute Gasteiger partial charge is 0.0840 e. The van der Waals surface area contributed by atoms with Crippen molar-refractivity contribution in [1.29, 1.82) is 0 Å². The van der Waals surface area contributed by atoms with E-state index in [-0.39, 0.29) is 5.60 Å². The molecule has 1 rings (SSSR count). The predicted octanol–water partition coefficient (Wildman–Crippen LogP) is 4.70. The first-order chi connectivity index (χ1) is 9.57. The maximum absolute atomic E-state index is 6.34. The molecule has 118 valence electrons. The summed E-state index contributed by atoms with van der Waals surface area (Å²) >= 11 is 0. The fourth-order valence-corrected chi connectivity index (χ4v) is 3.58.